The third kappa shape index (κ3) is 1.84. The van der Waals surface area contributed by atoms with Gasteiger partial charge < -0.3 is 4.52 Å². The first-order valence-corrected chi connectivity index (χ1v) is 4.79. The topological polar surface area (TPSA) is 85.0 Å². The summed E-state index contributed by atoms with van der Waals surface area (Å²) in [5, 5.41) is 13.1. The van der Waals surface area contributed by atoms with Crippen molar-refractivity contribution in [3.8, 4) is 11.4 Å². The van der Waals surface area contributed by atoms with Gasteiger partial charge in [0, 0.05) is 17.7 Å². The molecule has 0 fully saturated rings. The number of hydrogen-bond acceptors (Lipinski definition) is 5. The Balaban J connectivity index is 2.59. The Hall–Kier alpha value is -2.02. The molecular formula is C9H7N3O3S. The third-order valence-corrected chi connectivity index (χ3v) is 2.30. The number of hydrogen-bond donors (Lipinski definition) is 1. The number of non-ortho nitro benzene ring substituents is 1. The number of aromatic nitrogens is 2. The van der Waals surface area contributed by atoms with E-state index in [1.165, 1.54) is 12.1 Å². The first-order chi connectivity index (χ1) is 7.58. The zero-order valence-electron chi connectivity index (χ0n) is 8.26. The molecule has 16 heavy (non-hydrogen) atoms. The lowest BCUT2D eigenvalue weighted by Crippen LogP contribution is -1.91. The van der Waals surface area contributed by atoms with Crippen LogP contribution >= 0.6 is 12.2 Å². The van der Waals surface area contributed by atoms with E-state index in [1.54, 1.807) is 6.07 Å². The maximum absolute atomic E-state index is 10.6. The Morgan fingerprint density at radius 2 is 2.31 bits per heavy atom. The van der Waals surface area contributed by atoms with Crippen molar-refractivity contribution in [1.29, 1.82) is 0 Å². The molecule has 0 spiro atoms. The first kappa shape index (κ1) is 10.5. The summed E-state index contributed by atoms with van der Waals surface area (Å²) in [5.41, 5.74) is 1.46. The minimum Gasteiger partial charge on any atom is -0.348 e. The Morgan fingerprint density at radius 3 is 2.88 bits per heavy atom. The maximum atomic E-state index is 10.6. The fourth-order valence-electron chi connectivity index (χ4n) is 1.32. The molecule has 2 rings (SSSR count). The molecule has 0 saturated carbocycles. The maximum Gasteiger partial charge on any atom is 0.314 e. The highest BCUT2D eigenvalue weighted by Gasteiger charge is 2.12. The number of aryl methyl sites for hydroxylation is 1. The molecule has 1 aromatic heterocycles. The van der Waals surface area contributed by atoms with Gasteiger partial charge in [0.1, 0.15) is 0 Å². The summed E-state index contributed by atoms with van der Waals surface area (Å²) < 4.78 is 4.78. The van der Waals surface area contributed by atoms with Crippen molar-refractivity contribution in [3.63, 3.8) is 0 Å². The fourth-order valence-corrected chi connectivity index (χ4v) is 1.46. The number of H-pyrrole nitrogens is 1. The van der Waals surface area contributed by atoms with E-state index in [0.717, 1.165) is 5.56 Å². The highest BCUT2D eigenvalue weighted by Crippen LogP contribution is 2.24. The van der Waals surface area contributed by atoms with E-state index in [2.05, 4.69) is 10.1 Å². The van der Waals surface area contributed by atoms with E-state index in [-0.39, 0.29) is 10.5 Å². The number of rotatable bonds is 2. The summed E-state index contributed by atoms with van der Waals surface area (Å²) in [7, 11) is 0. The third-order valence-electron chi connectivity index (χ3n) is 2.13. The predicted molar refractivity (Wildman–Crippen MR) is 58.5 cm³/mol. The van der Waals surface area contributed by atoms with Crippen molar-refractivity contribution in [2.24, 2.45) is 0 Å². The van der Waals surface area contributed by atoms with E-state index < -0.39 is 4.92 Å². The Bertz CT molecular complexity index is 602. The summed E-state index contributed by atoms with van der Waals surface area (Å²) in [6, 6.07) is 4.52. The molecule has 1 N–H and O–H groups in total. The molecule has 0 saturated heterocycles. The molecular weight excluding hydrogens is 230 g/mol. The lowest BCUT2D eigenvalue weighted by atomic mass is 10.1. The summed E-state index contributed by atoms with van der Waals surface area (Å²) in [4.78, 5) is 14.2. The molecule has 0 aliphatic carbocycles. The van der Waals surface area contributed by atoms with Crippen LogP contribution in [-0.4, -0.2) is 15.1 Å². The van der Waals surface area contributed by atoms with E-state index in [1.807, 2.05) is 6.92 Å². The number of nitrogens with one attached hydrogen (secondary N) is 1. The van der Waals surface area contributed by atoms with Crippen LogP contribution in [0.15, 0.2) is 22.7 Å². The SMILES string of the molecule is Cc1ccc([N+](=O)[O-])cc1-c1nc(=S)o[nH]1. The molecule has 1 aromatic carbocycles. The number of benzene rings is 1. The molecule has 0 bridgehead atoms. The largest absolute Gasteiger partial charge is 0.348 e. The summed E-state index contributed by atoms with van der Waals surface area (Å²) in [5.74, 6) is 0.395. The van der Waals surface area contributed by atoms with Crippen molar-refractivity contribution in [1.82, 2.24) is 10.1 Å². The lowest BCUT2D eigenvalue weighted by molar-refractivity contribution is -0.384. The van der Waals surface area contributed by atoms with Gasteiger partial charge in [-0.25, -0.2) is 5.16 Å². The number of aromatic amines is 1. The van der Waals surface area contributed by atoms with Gasteiger partial charge in [0.15, 0.2) is 5.82 Å². The molecule has 1 heterocycles. The number of nitro groups is 1. The fraction of sp³-hybridized carbons (Fsp3) is 0.111. The van der Waals surface area contributed by atoms with Gasteiger partial charge in [-0.2, -0.15) is 4.98 Å². The van der Waals surface area contributed by atoms with Crippen LogP contribution < -0.4 is 0 Å². The van der Waals surface area contributed by atoms with Crippen LogP contribution in [0.25, 0.3) is 11.4 Å². The highest BCUT2D eigenvalue weighted by molar-refractivity contribution is 7.71. The van der Waals surface area contributed by atoms with Gasteiger partial charge in [-0.3, -0.25) is 10.1 Å². The van der Waals surface area contributed by atoms with Crippen LogP contribution in [0.5, 0.6) is 0 Å². The zero-order chi connectivity index (χ0) is 11.7. The monoisotopic (exact) mass is 237 g/mol. The van der Waals surface area contributed by atoms with Crippen LogP contribution in [0.2, 0.25) is 0 Å². The zero-order valence-corrected chi connectivity index (χ0v) is 9.08. The van der Waals surface area contributed by atoms with Crippen LogP contribution in [-0.2, 0) is 0 Å². The van der Waals surface area contributed by atoms with Crippen molar-refractivity contribution in [2.45, 2.75) is 6.92 Å². The van der Waals surface area contributed by atoms with Crippen molar-refractivity contribution < 1.29 is 9.45 Å². The second-order valence-electron chi connectivity index (χ2n) is 3.19. The van der Waals surface area contributed by atoms with Gasteiger partial charge >= 0.3 is 4.84 Å². The molecule has 0 unspecified atom stereocenters. The summed E-state index contributed by atoms with van der Waals surface area (Å²) >= 11 is 4.72. The van der Waals surface area contributed by atoms with Gasteiger partial charge in [-0.1, -0.05) is 6.07 Å². The van der Waals surface area contributed by atoms with Gasteiger partial charge in [0.05, 0.1) is 4.92 Å². The minimum absolute atomic E-state index is 0.00270. The van der Waals surface area contributed by atoms with Crippen molar-refractivity contribution in [3.05, 3.63) is 38.7 Å². The molecule has 7 heteroatoms. The average molecular weight is 237 g/mol. The minimum atomic E-state index is -0.461. The van der Waals surface area contributed by atoms with E-state index in [4.69, 9.17) is 16.7 Å². The summed E-state index contributed by atoms with van der Waals surface area (Å²) in [6.45, 7) is 1.82. The molecule has 0 aliphatic rings. The smallest absolute Gasteiger partial charge is 0.314 e. The van der Waals surface area contributed by atoms with Gasteiger partial charge in [-0.15, -0.1) is 0 Å². The average Bonchev–Trinajstić information content (AvgIpc) is 2.65. The Kier molecular flexibility index (Phi) is 2.53. The normalized spacial score (nSPS) is 10.3. The summed E-state index contributed by atoms with van der Waals surface area (Å²) in [6.07, 6.45) is 0. The lowest BCUT2D eigenvalue weighted by Gasteiger charge is -2.00. The van der Waals surface area contributed by atoms with E-state index in [9.17, 15) is 10.1 Å². The van der Waals surface area contributed by atoms with Gasteiger partial charge in [0.2, 0.25) is 0 Å². The van der Waals surface area contributed by atoms with Crippen LogP contribution in [0.4, 0.5) is 5.69 Å². The molecule has 0 radical (unpaired) electrons. The second kappa shape index (κ2) is 3.86. The first-order valence-electron chi connectivity index (χ1n) is 4.39. The van der Waals surface area contributed by atoms with E-state index in [0.29, 0.717) is 11.4 Å². The van der Waals surface area contributed by atoms with Crippen molar-refractivity contribution in [2.75, 3.05) is 0 Å². The quantitative estimate of drug-likeness (QED) is 0.493. The van der Waals surface area contributed by atoms with Crippen LogP contribution in [0, 0.1) is 21.9 Å². The number of nitrogens with zero attached hydrogens (tertiary/aromatic N) is 2. The van der Waals surface area contributed by atoms with Crippen LogP contribution in [0.3, 0.4) is 0 Å². The Morgan fingerprint density at radius 1 is 1.56 bits per heavy atom. The molecule has 0 atom stereocenters. The van der Waals surface area contributed by atoms with E-state index >= 15 is 0 Å². The predicted octanol–water partition coefficient (Wildman–Crippen LogP) is 2.62. The molecule has 0 amide bonds. The molecule has 2 aromatic rings. The standard InChI is InChI=1S/C9H7N3O3S/c1-5-2-3-6(12(13)14)4-7(5)8-10-9(16)15-11-8/h2-4H,1H3,(H,10,11,16). The van der Waals surface area contributed by atoms with Gasteiger partial charge in [-0.05, 0) is 24.7 Å². The van der Waals surface area contributed by atoms with Crippen LogP contribution in [0.1, 0.15) is 5.56 Å². The number of nitro benzene ring substituents is 1. The van der Waals surface area contributed by atoms with Gasteiger partial charge in [0.25, 0.3) is 5.69 Å². The molecule has 0 aliphatic heterocycles. The highest BCUT2D eigenvalue weighted by atomic mass is 32.1. The second-order valence-corrected chi connectivity index (χ2v) is 3.54. The Labute approximate surface area is 95.1 Å². The molecule has 82 valence electrons. The molecule has 6 nitrogen and oxygen atoms in total. The van der Waals surface area contributed by atoms with Crippen molar-refractivity contribution >= 4 is 17.9 Å².